The molecule has 8 nitrogen and oxygen atoms in total. The summed E-state index contributed by atoms with van der Waals surface area (Å²) in [4.78, 5) is 8.26. The van der Waals surface area contributed by atoms with Crippen LogP contribution in [0.3, 0.4) is 0 Å². The van der Waals surface area contributed by atoms with Crippen molar-refractivity contribution >= 4 is 5.96 Å². The Morgan fingerprint density at radius 3 is 3.07 bits per heavy atom. The fourth-order valence-electron chi connectivity index (χ4n) is 3.09. The fraction of sp³-hybridized carbons (Fsp3) is 0.550. The van der Waals surface area contributed by atoms with Gasteiger partial charge in [0.2, 0.25) is 0 Å². The highest BCUT2D eigenvalue weighted by Crippen LogP contribution is 2.12. The smallest absolute Gasteiger partial charge is 0.191 e. The summed E-state index contributed by atoms with van der Waals surface area (Å²) >= 11 is 0. The first kappa shape index (κ1) is 20.3. The monoisotopic (exact) mass is 386 g/mol. The van der Waals surface area contributed by atoms with Gasteiger partial charge in [-0.05, 0) is 24.0 Å². The van der Waals surface area contributed by atoms with Crippen molar-refractivity contribution in [3.05, 3.63) is 48.0 Å². The second-order valence-corrected chi connectivity index (χ2v) is 6.92. The number of rotatable bonds is 10. The van der Waals surface area contributed by atoms with Gasteiger partial charge in [-0.15, -0.1) is 0 Å². The van der Waals surface area contributed by atoms with E-state index in [0.717, 1.165) is 51.8 Å². The molecule has 1 aliphatic rings. The lowest BCUT2D eigenvalue weighted by atomic mass is 10.1. The minimum atomic E-state index is 0.572. The molecule has 8 heteroatoms. The van der Waals surface area contributed by atoms with Crippen LogP contribution in [-0.2, 0) is 22.6 Å². The molecular weight excluding hydrogens is 356 g/mol. The van der Waals surface area contributed by atoms with Crippen LogP contribution >= 0.6 is 0 Å². The largest absolute Gasteiger partial charge is 0.381 e. The molecule has 2 heterocycles. The third-order valence-corrected chi connectivity index (χ3v) is 4.62. The highest BCUT2D eigenvalue weighted by Gasteiger charge is 2.15. The Kier molecular flexibility index (Phi) is 8.26. The summed E-state index contributed by atoms with van der Waals surface area (Å²) in [5.74, 6) is 1.37. The Bertz CT molecular complexity index is 713. The van der Waals surface area contributed by atoms with E-state index in [4.69, 9.17) is 9.47 Å². The van der Waals surface area contributed by atoms with Gasteiger partial charge in [0.05, 0.1) is 19.8 Å². The van der Waals surface area contributed by atoms with E-state index >= 15 is 0 Å². The number of aliphatic imine (C=N–C) groups is 1. The van der Waals surface area contributed by atoms with Gasteiger partial charge in [-0.25, -0.2) is 9.67 Å². The molecule has 3 rings (SSSR count). The van der Waals surface area contributed by atoms with Gasteiger partial charge < -0.3 is 20.1 Å². The average Bonchev–Trinajstić information content (AvgIpc) is 3.41. The number of guanidine groups is 1. The Labute approximate surface area is 166 Å². The molecule has 1 unspecified atom stereocenters. The molecule has 0 spiro atoms. The van der Waals surface area contributed by atoms with Crippen molar-refractivity contribution in [2.24, 2.45) is 10.9 Å². The van der Waals surface area contributed by atoms with Gasteiger partial charge in [0.1, 0.15) is 12.7 Å². The number of hydrogen-bond donors (Lipinski definition) is 2. The van der Waals surface area contributed by atoms with Gasteiger partial charge in [0.15, 0.2) is 5.96 Å². The number of benzene rings is 1. The maximum absolute atomic E-state index is 5.73. The molecule has 1 atom stereocenters. The van der Waals surface area contributed by atoms with Crippen molar-refractivity contribution in [2.45, 2.75) is 25.9 Å². The van der Waals surface area contributed by atoms with Crippen molar-refractivity contribution in [2.75, 3.05) is 40.0 Å². The maximum Gasteiger partial charge on any atom is 0.191 e. The SMILES string of the molecule is CN=C(NCCCOCC1CCOC1)NCc1cccc(Cn2cncn2)c1. The van der Waals surface area contributed by atoms with Gasteiger partial charge in [0.25, 0.3) is 0 Å². The Hall–Kier alpha value is -2.45. The summed E-state index contributed by atoms with van der Waals surface area (Å²) in [6.45, 7) is 5.53. The molecule has 0 aliphatic carbocycles. The number of aromatic nitrogens is 3. The van der Waals surface area contributed by atoms with Crippen LogP contribution in [0.4, 0.5) is 0 Å². The molecule has 1 saturated heterocycles. The van der Waals surface area contributed by atoms with Crippen LogP contribution in [0.1, 0.15) is 24.0 Å². The van der Waals surface area contributed by atoms with Crippen LogP contribution < -0.4 is 10.6 Å². The van der Waals surface area contributed by atoms with Crippen molar-refractivity contribution in [1.29, 1.82) is 0 Å². The zero-order valence-electron chi connectivity index (χ0n) is 16.5. The molecule has 0 radical (unpaired) electrons. The first-order chi connectivity index (χ1) is 13.8. The summed E-state index contributed by atoms with van der Waals surface area (Å²) in [6, 6.07) is 8.43. The first-order valence-corrected chi connectivity index (χ1v) is 9.83. The van der Waals surface area contributed by atoms with E-state index in [1.165, 1.54) is 11.1 Å². The van der Waals surface area contributed by atoms with Crippen molar-refractivity contribution in [3.63, 3.8) is 0 Å². The fourth-order valence-corrected chi connectivity index (χ4v) is 3.09. The second-order valence-electron chi connectivity index (χ2n) is 6.92. The van der Waals surface area contributed by atoms with E-state index in [1.54, 1.807) is 19.7 Å². The van der Waals surface area contributed by atoms with E-state index in [9.17, 15) is 0 Å². The molecule has 2 N–H and O–H groups in total. The molecule has 1 aliphatic heterocycles. The maximum atomic E-state index is 5.73. The molecular formula is C20H30N6O2. The second kappa shape index (κ2) is 11.4. The molecule has 0 amide bonds. The van der Waals surface area contributed by atoms with Crippen LogP contribution in [0.2, 0.25) is 0 Å². The molecule has 1 aromatic heterocycles. The van der Waals surface area contributed by atoms with Crippen LogP contribution in [0.15, 0.2) is 41.9 Å². The third kappa shape index (κ3) is 6.94. The van der Waals surface area contributed by atoms with E-state index < -0.39 is 0 Å². The highest BCUT2D eigenvalue weighted by atomic mass is 16.5. The van der Waals surface area contributed by atoms with Crippen LogP contribution in [0.5, 0.6) is 0 Å². The minimum Gasteiger partial charge on any atom is -0.381 e. The first-order valence-electron chi connectivity index (χ1n) is 9.83. The van der Waals surface area contributed by atoms with Crippen LogP contribution in [0, 0.1) is 5.92 Å². The van der Waals surface area contributed by atoms with Crippen molar-refractivity contribution in [3.8, 4) is 0 Å². The predicted molar refractivity (Wildman–Crippen MR) is 108 cm³/mol. The number of nitrogens with zero attached hydrogens (tertiary/aromatic N) is 4. The summed E-state index contributed by atoms with van der Waals surface area (Å²) in [6.07, 6.45) is 5.34. The predicted octanol–water partition coefficient (Wildman–Crippen LogP) is 1.43. The molecule has 1 fully saturated rings. The highest BCUT2D eigenvalue weighted by molar-refractivity contribution is 5.79. The summed E-state index contributed by atoms with van der Waals surface area (Å²) in [7, 11) is 1.78. The van der Waals surface area contributed by atoms with Gasteiger partial charge in [-0.3, -0.25) is 4.99 Å². The molecule has 1 aromatic carbocycles. The van der Waals surface area contributed by atoms with E-state index in [1.807, 2.05) is 4.68 Å². The quantitative estimate of drug-likeness (QED) is 0.365. The van der Waals surface area contributed by atoms with E-state index in [0.29, 0.717) is 19.0 Å². The molecule has 0 bridgehead atoms. The lowest BCUT2D eigenvalue weighted by Gasteiger charge is -2.13. The summed E-state index contributed by atoms with van der Waals surface area (Å²) < 4.78 is 12.9. The van der Waals surface area contributed by atoms with Gasteiger partial charge in [-0.1, -0.05) is 24.3 Å². The number of nitrogens with one attached hydrogen (secondary N) is 2. The average molecular weight is 387 g/mol. The zero-order valence-corrected chi connectivity index (χ0v) is 16.5. The molecule has 152 valence electrons. The van der Waals surface area contributed by atoms with Gasteiger partial charge >= 0.3 is 0 Å². The molecule has 2 aromatic rings. The van der Waals surface area contributed by atoms with E-state index in [2.05, 4.69) is 50.0 Å². The standard InChI is InChI=1S/C20H30N6O2/c1-21-20(23-7-3-8-27-13-19-6-9-28-14-19)24-11-17-4-2-5-18(10-17)12-26-16-22-15-25-26/h2,4-5,10,15-16,19H,3,6-9,11-14H2,1H3,(H2,21,23,24). The summed E-state index contributed by atoms with van der Waals surface area (Å²) in [5.41, 5.74) is 2.39. The third-order valence-electron chi connectivity index (χ3n) is 4.62. The lowest BCUT2D eigenvalue weighted by molar-refractivity contribution is 0.0888. The number of hydrogen-bond acceptors (Lipinski definition) is 5. The minimum absolute atomic E-state index is 0.572. The molecule has 28 heavy (non-hydrogen) atoms. The van der Waals surface area contributed by atoms with Crippen molar-refractivity contribution < 1.29 is 9.47 Å². The van der Waals surface area contributed by atoms with Crippen molar-refractivity contribution in [1.82, 2.24) is 25.4 Å². The Morgan fingerprint density at radius 2 is 2.29 bits per heavy atom. The van der Waals surface area contributed by atoms with Crippen LogP contribution in [-0.4, -0.2) is 60.7 Å². The topological polar surface area (TPSA) is 85.6 Å². The lowest BCUT2D eigenvalue weighted by Crippen LogP contribution is -2.37. The zero-order chi connectivity index (χ0) is 19.4. The Balaban J connectivity index is 1.32. The van der Waals surface area contributed by atoms with E-state index in [-0.39, 0.29) is 0 Å². The number of ether oxygens (including phenoxy) is 2. The van der Waals surface area contributed by atoms with Gasteiger partial charge in [0, 0.05) is 39.3 Å². The summed E-state index contributed by atoms with van der Waals surface area (Å²) in [5, 5.41) is 10.8. The molecule has 0 saturated carbocycles. The van der Waals surface area contributed by atoms with Gasteiger partial charge in [-0.2, -0.15) is 5.10 Å². The Morgan fingerprint density at radius 1 is 1.36 bits per heavy atom. The van der Waals surface area contributed by atoms with Crippen LogP contribution in [0.25, 0.3) is 0 Å². The normalized spacial score (nSPS) is 17.0.